The van der Waals surface area contributed by atoms with E-state index < -0.39 is 11.9 Å². The smallest absolute Gasteiger partial charge is 0.148 e. The summed E-state index contributed by atoms with van der Waals surface area (Å²) in [5.41, 5.74) is 5.83. The maximum atomic E-state index is 12.9. The van der Waals surface area contributed by atoms with Gasteiger partial charge in [-0.05, 0) is 18.2 Å². The van der Waals surface area contributed by atoms with E-state index in [4.69, 9.17) is 15.9 Å². The molecule has 4 nitrogen and oxygen atoms in total. The third kappa shape index (κ3) is 2.58. The van der Waals surface area contributed by atoms with Gasteiger partial charge in [0.05, 0.1) is 24.9 Å². The molecular formula is C9H13FN2O2. The zero-order valence-electron chi connectivity index (χ0n) is 7.57. The number of rotatable bonds is 4. The molecule has 0 spiro atoms. The zero-order valence-corrected chi connectivity index (χ0v) is 7.57. The van der Waals surface area contributed by atoms with Gasteiger partial charge in [0.1, 0.15) is 5.82 Å². The van der Waals surface area contributed by atoms with Gasteiger partial charge in [-0.1, -0.05) is 0 Å². The first-order chi connectivity index (χ1) is 6.67. The third-order valence-electron chi connectivity index (χ3n) is 1.81. The molecule has 0 atom stereocenters. The van der Waals surface area contributed by atoms with Crippen LogP contribution in [0.5, 0.6) is 0 Å². The summed E-state index contributed by atoms with van der Waals surface area (Å²) >= 11 is 0. The molecule has 0 amide bonds. The van der Waals surface area contributed by atoms with Crippen LogP contribution in [0, 0.1) is 5.82 Å². The number of halogens is 1. The van der Waals surface area contributed by atoms with E-state index in [2.05, 4.69) is 5.32 Å². The van der Waals surface area contributed by atoms with Gasteiger partial charge in [0.2, 0.25) is 0 Å². The quantitative estimate of drug-likeness (QED) is 0.522. The highest BCUT2D eigenvalue weighted by Gasteiger charge is 2.06. The van der Waals surface area contributed by atoms with Crippen molar-refractivity contribution in [2.45, 2.75) is 6.04 Å². The van der Waals surface area contributed by atoms with Crippen LogP contribution in [0.3, 0.4) is 0 Å². The monoisotopic (exact) mass is 200 g/mol. The summed E-state index contributed by atoms with van der Waals surface area (Å²) in [6, 6.07) is 3.73. The van der Waals surface area contributed by atoms with E-state index in [1.54, 1.807) is 6.07 Å². The van der Waals surface area contributed by atoms with E-state index in [1.807, 2.05) is 0 Å². The molecule has 0 saturated carbocycles. The molecular weight excluding hydrogens is 187 g/mol. The minimum absolute atomic E-state index is 0.0695. The van der Waals surface area contributed by atoms with Crippen molar-refractivity contribution >= 4 is 11.4 Å². The fourth-order valence-electron chi connectivity index (χ4n) is 1.00. The summed E-state index contributed by atoms with van der Waals surface area (Å²) in [4.78, 5) is 0. The summed E-state index contributed by atoms with van der Waals surface area (Å²) in [6.07, 6.45) is 0. The lowest BCUT2D eigenvalue weighted by atomic mass is 10.2. The van der Waals surface area contributed by atoms with Crippen LogP contribution in [0.1, 0.15) is 0 Å². The second kappa shape index (κ2) is 4.78. The van der Waals surface area contributed by atoms with E-state index in [-0.39, 0.29) is 18.9 Å². The molecule has 0 aromatic heterocycles. The number of nitrogen functional groups attached to an aromatic ring is 1. The predicted octanol–water partition coefficient (Wildman–Crippen LogP) is 0.173. The van der Waals surface area contributed by atoms with Crippen molar-refractivity contribution in [3.63, 3.8) is 0 Å². The Morgan fingerprint density at radius 1 is 1.36 bits per heavy atom. The van der Waals surface area contributed by atoms with Gasteiger partial charge < -0.3 is 21.3 Å². The largest absolute Gasteiger partial charge is 0.396 e. The van der Waals surface area contributed by atoms with Gasteiger partial charge in [-0.3, -0.25) is 0 Å². The van der Waals surface area contributed by atoms with Gasteiger partial charge in [0, 0.05) is 5.69 Å². The zero-order chi connectivity index (χ0) is 10.6. The number of aliphatic hydroxyl groups excluding tert-OH is 2. The van der Waals surface area contributed by atoms with E-state index in [9.17, 15) is 4.39 Å². The minimum atomic E-state index is -0.523. The average molecular weight is 200 g/mol. The number of benzene rings is 1. The number of hydrogen-bond donors (Lipinski definition) is 4. The van der Waals surface area contributed by atoms with Crippen molar-refractivity contribution in [2.75, 3.05) is 24.3 Å². The first kappa shape index (κ1) is 10.7. The van der Waals surface area contributed by atoms with Crippen LogP contribution >= 0.6 is 0 Å². The van der Waals surface area contributed by atoms with Crippen molar-refractivity contribution < 1.29 is 14.6 Å². The molecule has 0 radical (unpaired) electrons. The molecule has 0 aliphatic heterocycles. The summed E-state index contributed by atoms with van der Waals surface area (Å²) in [5.74, 6) is -0.523. The Balaban J connectivity index is 2.72. The molecule has 0 heterocycles. The van der Waals surface area contributed by atoms with E-state index in [0.717, 1.165) is 0 Å². The molecule has 14 heavy (non-hydrogen) atoms. The van der Waals surface area contributed by atoms with Crippen molar-refractivity contribution in [3.05, 3.63) is 24.0 Å². The van der Waals surface area contributed by atoms with Crippen LogP contribution < -0.4 is 11.1 Å². The highest BCUT2D eigenvalue weighted by atomic mass is 19.1. The van der Waals surface area contributed by atoms with Gasteiger partial charge in [-0.25, -0.2) is 4.39 Å². The number of nitrogens with one attached hydrogen (secondary N) is 1. The van der Waals surface area contributed by atoms with Gasteiger partial charge >= 0.3 is 0 Å². The number of hydrogen-bond acceptors (Lipinski definition) is 4. The highest BCUT2D eigenvalue weighted by Crippen LogP contribution is 2.16. The summed E-state index contributed by atoms with van der Waals surface area (Å²) in [5, 5.41) is 20.3. The first-order valence-corrected chi connectivity index (χ1v) is 4.20. The molecule has 5 N–H and O–H groups in total. The second-order valence-electron chi connectivity index (χ2n) is 2.94. The fraction of sp³-hybridized carbons (Fsp3) is 0.333. The van der Waals surface area contributed by atoms with Gasteiger partial charge in [-0.15, -0.1) is 0 Å². The first-order valence-electron chi connectivity index (χ1n) is 4.20. The van der Waals surface area contributed by atoms with Crippen molar-refractivity contribution in [1.29, 1.82) is 0 Å². The van der Waals surface area contributed by atoms with E-state index in [1.165, 1.54) is 12.1 Å². The number of nitrogens with two attached hydrogens (primary N) is 1. The lowest BCUT2D eigenvalue weighted by Gasteiger charge is -2.14. The Hall–Kier alpha value is -1.33. The fourth-order valence-corrected chi connectivity index (χ4v) is 1.00. The normalized spacial score (nSPS) is 10.6. The maximum absolute atomic E-state index is 12.9. The molecule has 1 rings (SSSR count). The second-order valence-corrected chi connectivity index (χ2v) is 2.94. The third-order valence-corrected chi connectivity index (χ3v) is 1.81. The van der Waals surface area contributed by atoms with Crippen LogP contribution in [0.15, 0.2) is 18.2 Å². The Bertz CT molecular complexity index is 303. The molecule has 0 aliphatic rings. The Kier molecular flexibility index (Phi) is 3.67. The molecule has 1 aromatic carbocycles. The van der Waals surface area contributed by atoms with Crippen LogP contribution in [-0.2, 0) is 0 Å². The maximum Gasteiger partial charge on any atom is 0.148 e. The SMILES string of the molecule is Nc1ccc(NC(CO)CO)cc1F. The van der Waals surface area contributed by atoms with Crippen molar-refractivity contribution in [3.8, 4) is 0 Å². The Morgan fingerprint density at radius 2 is 2.00 bits per heavy atom. The topological polar surface area (TPSA) is 78.5 Å². The van der Waals surface area contributed by atoms with E-state index >= 15 is 0 Å². The molecule has 0 saturated heterocycles. The van der Waals surface area contributed by atoms with Crippen LogP contribution in [-0.4, -0.2) is 29.5 Å². The number of aliphatic hydroxyl groups is 2. The van der Waals surface area contributed by atoms with E-state index in [0.29, 0.717) is 5.69 Å². The molecule has 78 valence electrons. The predicted molar refractivity (Wildman–Crippen MR) is 52.4 cm³/mol. The van der Waals surface area contributed by atoms with Crippen LogP contribution in [0.25, 0.3) is 0 Å². The van der Waals surface area contributed by atoms with Crippen molar-refractivity contribution in [2.24, 2.45) is 0 Å². The molecule has 1 aromatic rings. The van der Waals surface area contributed by atoms with Crippen molar-refractivity contribution in [1.82, 2.24) is 0 Å². The van der Waals surface area contributed by atoms with Crippen LogP contribution in [0.4, 0.5) is 15.8 Å². The molecule has 5 heteroatoms. The van der Waals surface area contributed by atoms with Gasteiger partial charge in [0.25, 0.3) is 0 Å². The minimum Gasteiger partial charge on any atom is -0.396 e. The lowest BCUT2D eigenvalue weighted by Crippen LogP contribution is -2.27. The average Bonchev–Trinajstić information content (AvgIpc) is 2.19. The van der Waals surface area contributed by atoms with Gasteiger partial charge in [-0.2, -0.15) is 0 Å². The molecule has 0 fully saturated rings. The summed E-state index contributed by atoms with van der Waals surface area (Å²) < 4.78 is 12.9. The number of anilines is 2. The molecule has 0 unspecified atom stereocenters. The highest BCUT2D eigenvalue weighted by molar-refractivity contribution is 5.52. The Morgan fingerprint density at radius 3 is 2.50 bits per heavy atom. The van der Waals surface area contributed by atoms with Gasteiger partial charge in [0.15, 0.2) is 0 Å². The van der Waals surface area contributed by atoms with Crippen LogP contribution in [0.2, 0.25) is 0 Å². The lowest BCUT2D eigenvalue weighted by molar-refractivity contribution is 0.204. The summed E-state index contributed by atoms with van der Waals surface area (Å²) in [6.45, 7) is -0.439. The summed E-state index contributed by atoms with van der Waals surface area (Å²) in [7, 11) is 0. The molecule has 0 bridgehead atoms. The standard InChI is InChI=1S/C9H13FN2O2/c10-8-3-6(1-2-9(8)11)12-7(4-13)5-14/h1-3,7,12-14H,4-5,11H2. The molecule has 0 aliphatic carbocycles. The Labute approximate surface area is 81.2 Å².